The second-order valence-electron chi connectivity index (χ2n) is 9.81. The maximum absolute atomic E-state index is 13.4. The van der Waals surface area contributed by atoms with E-state index in [1.807, 2.05) is 38.1 Å². The van der Waals surface area contributed by atoms with Crippen molar-refractivity contribution in [2.75, 3.05) is 13.2 Å². The predicted octanol–water partition coefficient (Wildman–Crippen LogP) is 4.90. The zero-order valence-electron chi connectivity index (χ0n) is 22.1. The molecule has 0 aliphatic carbocycles. The Morgan fingerprint density at radius 3 is 2.55 bits per heavy atom. The SMILES string of the molecule is CC.NC1=NC2CCC/C=C/c3ccc4c(c3)C(CCO4)NC(=O)c3ccc4c(c3)[C@@H](CCO4)N1C(=O)C2. The van der Waals surface area contributed by atoms with Crippen molar-refractivity contribution in [3.05, 3.63) is 64.7 Å². The van der Waals surface area contributed by atoms with Crippen LogP contribution in [0.5, 0.6) is 11.5 Å². The number of allylic oxidation sites excluding steroid dienone is 1. The van der Waals surface area contributed by atoms with Gasteiger partial charge in [-0.15, -0.1) is 0 Å². The van der Waals surface area contributed by atoms with Gasteiger partial charge in [0.2, 0.25) is 5.91 Å². The molecule has 3 atom stereocenters. The number of hydrogen-bond acceptors (Lipinski definition) is 6. The number of guanidine groups is 1. The maximum Gasteiger partial charge on any atom is 0.251 e. The lowest BCUT2D eigenvalue weighted by molar-refractivity contribution is -0.130. The minimum absolute atomic E-state index is 0.0283. The third-order valence-corrected chi connectivity index (χ3v) is 7.43. The summed E-state index contributed by atoms with van der Waals surface area (Å²) >= 11 is 0. The molecule has 6 bridgehead atoms. The third kappa shape index (κ3) is 5.12. The molecular weight excluding hydrogens is 480 g/mol. The van der Waals surface area contributed by atoms with Gasteiger partial charge in [-0.25, -0.2) is 4.99 Å². The van der Waals surface area contributed by atoms with Crippen molar-refractivity contribution in [3.63, 3.8) is 0 Å². The molecule has 0 aromatic heterocycles. The number of aliphatic imine (C=N–C) groups is 1. The molecule has 2 aromatic carbocycles. The van der Waals surface area contributed by atoms with Crippen LogP contribution in [0.2, 0.25) is 0 Å². The molecule has 2 aromatic rings. The van der Waals surface area contributed by atoms with Gasteiger partial charge in [-0.2, -0.15) is 0 Å². The Morgan fingerprint density at radius 2 is 1.74 bits per heavy atom. The molecule has 0 saturated carbocycles. The first-order valence-electron chi connectivity index (χ1n) is 13.7. The van der Waals surface area contributed by atoms with Crippen molar-refractivity contribution in [3.8, 4) is 11.5 Å². The number of nitrogens with one attached hydrogen (secondary N) is 1. The summed E-state index contributed by atoms with van der Waals surface area (Å²) in [6.07, 6.45) is 8.46. The molecule has 2 unspecified atom stereocenters. The molecule has 0 radical (unpaired) electrons. The highest BCUT2D eigenvalue weighted by Gasteiger charge is 2.37. The fourth-order valence-corrected chi connectivity index (χ4v) is 5.61. The fourth-order valence-electron chi connectivity index (χ4n) is 5.61. The topological polar surface area (TPSA) is 106 Å². The second kappa shape index (κ2) is 11.3. The quantitative estimate of drug-likeness (QED) is 0.518. The van der Waals surface area contributed by atoms with Gasteiger partial charge in [-0.05, 0) is 55.2 Å². The number of benzene rings is 2. The molecule has 8 nitrogen and oxygen atoms in total. The summed E-state index contributed by atoms with van der Waals surface area (Å²) in [4.78, 5) is 32.9. The maximum atomic E-state index is 13.4. The summed E-state index contributed by atoms with van der Waals surface area (Å²) in [5.74, 6) is 1.53. The van der Waals surface area contributed by atoms with E-state index in [4.69, 9.17) is 15.2 Å². The molecule has 38 heavy (non-hydrogen) atoms. The molecule has 5 aliphatic heterocycles. The lowest BCUT2D eigenvalue weighted by atomic mass is 9.94. The monoisotopic (exact) mass is 516 g/mol. The van der Waals surface area contributed by atoms with E-state index in [0.717, 1.165) is 41.7 Å². The molecule has 0 fully saturated rings. The van der Waals surface area contributed by atoms with E-state index >= 15 is 0 Å². The van der Waals surface area contributed by atoms with Crippen LogP contribution < -0.4 is 20.5 Å². The number of hydrogen-bond donors (Lipinski definition) is 2. The third-order valence-electron chi connectivity index (χ3n) is 7.43. The van der Waals surface area contributed by atoms with Gasteiger partial charge in [0, 0.05) is 36.0 Å². The van der Waals surface area contributed by atoms with E-state index in [9.17, 15) is 9.59 Å². The van der Waals surface area contributed by atoms with E-state index < -0.39 is 0 Å². The van der Waals surface area contributed by atoms with E-state index in [0.29, 0.717) is 43.8 Å². The highest BCUT2D eigenvalue weighted by atomic mass is 16.5. The molecule has 200 valence electrons. The molecule has 0 spiro atoms. The molecule has 3 N–H and O–H groups in total. The zero-order valence-corrected chi connectivity index (χ0v) is 22.1. The first-order chi connectivity index (χ1) is 18.6. The van der Waals surface area contributed by atoms with Crippen LogP contribution in [-0.2, 0) is 4.79 Å². The number of nitrogens with two attached hydrogens (primary N) is 1. The summed E-state index contributed by atoms with van der Waals surface area (Å²) in [6.45, 7) is 5.02. The van der Waals surface area contributed by atoms with E-state index in [1.165, 1.54) is 0 Å². The van der Waals surface area contributed by atoms with Gasteiger partial charge in [-0.3, -0.25) is 14.5 Å². The Kier molecular flexibility index (Phi) is 7.67. The van der Waals surface area contributed by atoms with Gasteiger partial charge >= 0.3 is 0 Å². The summed E-state index contributed by atoms with van der Waals surface area (Å²) in [6, 6.07) is 10.9. The molecule has 2 amide bonds. The Hall–Kier alpha value is -3.81. The summed E-state index contributed by atoms with van der Waals surface area (Å²) in [7, 11) is 0. The van der Waals surface area contributed by atoms with Crippen molar-refractivity contribution in [2.24, 2.45) is 10.7 Å². The Morgan fingerprint density at radius 1 is 0.974 bits per heavy atom. The van der Waals surface area contributed by atoms with Crippen LogP contribution in [0.15, 0.2) is 47.5 Å². The van der Waals surface area contributed by atoms with Gasteiger partial charge < -0.3 is 20.5 Å². The number of nitrogens with zero attached hydrogens (tertiary/aromatic N) is 2. The number of carbonyl (C=O) groups is 2. The van der Waals surface area contributed by atoms with Gasteiger partial charge in [-0.1, -0.05) is 32.1 Å². The lowest BCUT2D eigenvalue weighted by Crippen LogP contribution is -2.50. The molecule has 8 heteroatoms. The summed E-state index contributed by atoms with van der Waals surface area (Å²) in [5.41, 5.74) is 9.72. The number of rotatable bonds is 0. The first-order valence-corrected chi connectivity index (χ1v) is 13.7. The standard InChI is InChI=1S/C28H30N4O4.C2H6/c29-28-30-19-5-3-1-2-4-17-6-8-24-20(14-17)22(10-12-35-24)31-27(34)18-7-9-25-21(15-18)23(11-13-36-25)32(28)26(33)16-19;1-2/h2,4,6-9,14-15,19,22-23H,1,3,5,10-13,16H2,(H2,29,30)(H,31,34);1-2H3/b4-2+;/t19?,22?,23-;/m1./s1. The average Bonchev–Trinajstić information content (AvgIpc) is 2.93. The van der Waals surface area contributed by atoms with Crippen molar-refractivity contribution in [1.29, 1.82) is 0 Å². The number of carbonyl (C=O) groups excluding carboxylic acids is 2. The van der Waals surface area contributed by atoms with Crippen LogP contribution in [0.1, 0.15) is 91.5 Å². The van der Waals surface area contributed by atoms with Gasteiger partial charge in [0.25, 0.3) is 5.91 Å². The predicted molar refractivity (Wildman–Crippen MR) is 147 cm³/mol. The summed E-state index contributed by atoms with van der Waals surface area (Å²) < 4.78 is 11.7. The van der Waals surface area contributed by atoms with Crippen molar-refractivity contribution in [2.45, 2.75) is 70.5 Å². The molecule has 5 aliphatic rings. The van der Waals surface area contributed by atoms with E-state index in [-0.39, 0.29) is 35.9 Å². The lowest BCUT2D eigenvalue weighted by Gasteiger charge is -2.38. The first kappa shape index (κ1) is 25.8. The average molecular weight is 517 g/mol. The van der Waals surface area contributed by atoms with Crippen molar-refractivity contribution < 1.29 is 19.1 Å². The Balaban J connectivity index is 0.00000144. The Labute approximate surface area is 223 Å². The fraction of sp³-hybridized carbons (Fsp3) is 0.433. The van der Waals surface area contributed by atoms with Crippen LogP contribution in [0.3, 0.4) is 0 Å². The molecular formula is C30H36N4O4. The van der Waals surface area contributed by atoms with Crippen LogP contribution in [0.25, 0.3) is 6.08 Å². The van der Waals surface area contributed by atoms with Crippen LogP contribution >= 0.6 is 0 Å². The van der Waals surface area contributed by atoms with Gasteiger partial charge in [0.15, 0.2) is 5.96 Å². The minimum Gasteiger partial charge on any atom is -0.493 e. The zero-order chi connectivity index (χ0) is 26.6. The van der Waals surface area contributed by atoms with E-state index in [1.54, 1.807) is 11.0 Å². The van der Waals surface area contributed by atoms with Crippen LogP contribution in [0.4, 0.5) is 0 Å². The smallest absolute Gasteiger partial charge is 0.251 e. The van der Waals surface area contributed by atoms with E-state index in [2.05, 4.69) is 28.5 Å². The number of amides is 2. The van der Waals surface area contributed by atoms with Crippen LogP contribution in [-0.4, -0.2) is 41.9 Å². The highest BCUT2D eigenvalue weighted by molar-refractivity contribution is 5.99. The highest BCUT2D eigenvalue weighted by Crippen LogP contribution is 2.39. The van der Waals surface area contributed by atoms with Crippen LogP contribution in [0, 0.1) is 0 Å². The minimum atomic E-state index is -0.310. The Bertz CT molecular complexity index is 1270. The largest absolute Gasteiger partial charge is 0.493 e. The number of ether oxygens (including phenoxy) is 2. The van der Waals surface area contributed by atoms with Crippen molar-refractivity contribution >= 4 is 23.8 Å². The van der Waals surface area contributed by atoms with Gasteiger partial charge in [0.1, 0.15) is 11.5 Å². The van der Waals surface area contributed by atoms with Crippen molar-refractivity contribution in [1.82, 2.24) is 10.2 Å². The molecule has 7 rings (SSSR count). The normalized spacial score (nSPS) is 25.2. The summed E-state index contributed by atoms with van der Waals surface area (Å²) in [5, 5.41) is 3.20. The number of fused-ring (bicyclic) bond motifs is 5. The molecule has 5 heterocycles. The molecule has 0 saturated heterocycles. The second-order valence-corrected chi connectivity index (χ2v) is 9.81. The van der Waals surface area contributed by atoms with Gasteiger partial charge in [0.05, 0.1) is 31.3 Å².